The van der Waals surface area contributed by atoms with Crippen molar-refractivity contribution in [3.63, 3.8) is 0 Å². The van der Waals surface area contributed by atoms with Gasteiger partial charge in [0.1, 0.15) is 12.8 Å². The second-order valence-electron chi connectivity index (χ2n) is 5.37. The Morgan fingerprint density at radius 2 is 2.21 bits per heavy atom. The maximum absolute atomic E-state index is 11.5. The first kappa shape index (κ1) is 15.4. The SMILES string of the molecule is COC(=O)c1nc(C#N)cn1COCC[Si](C)(C)C. The van der Waals surface area contributed by atoms with Crippen molar-refractivity contribution in [3.05, 3.63) is 17.7 Å². The summed E-state index contributed by atoms with van der Waals surface area (Å²) in [5.41, 5.74) is 0.175. The monoisotopic (exact) mass is 281 g/mol. The molecular formula is C12H19N3O3Si. The molecule has 0 saturated carbocycles. The van der Waals surface area contributed by atoms with Crippen molar-refractivity contribution in [2.75, 3.05) is 13.7 Å². The summed E-state index contributed by atoms with van der Waals surface area (Å²) in [5.74, 6) is -0.484. The Hall–Kier alpha value is -1.65. The van der Waals surface area contributed by atoms with E-state index in [1.165, 1.54) is 17.9 Å². The van der Waals surface area contributed by atoms with Gasteiger partial charge in [-0.1, -0.05) is 19.6 Å². The van der Waals surface area contributed by atoms with Crippen LogP contribution in [0.25, 0.3) is 0 Å². The lowest BCUT2D eigenvalue weighted by atomic mass is 10.5. The topological polar surface area (TPSA) is 77.1 Å². The second-order valence-corrected chi connectivity index (χ2v) is 11.0. The molecule has 0 N–H and O–H groups in total. The third-order valence-corrected chi connectivity index (χ3v) is 4.19. The van der Waals surface area contributed by atoms with E-state index in [0.717, 1.165) is 6.04 Å². The van der Waals surface area contributed by atoms with Crippen LogP contribution in [0, 0.1) is 11.3 Å². The molecule has 19 heavy (non-hydrogen) atoms. The van der Waals surface area contributed by atoms with Crippen molar-refractivity contribution in [2.24, 2.45) is 0 Å². The Labute approximate surface area is 114 Å². The Kier molecular flexibility index (Phi) is 5.27. The zero-order chi connectivity index (χ0) is 14.5. The van der Waals surface area contributed by atoms with Crippen molar-refractivity contribution < 1.29 is 14.3 Å². The summed E-state index contributed by atoms with van der Waals surface area (Å²) >= 11 is 0. The van der Waals surface area contributed by atoms with Gasteiger partial charge < -0.3 is 14.0 Å². The van der Waals surface area contributed by atoms with E-state index in [1.54, 1.807) is 0 Å². The summed E-state index contributed by atoms with van der Waals surface area (Å²) in [6.07, 6.45) is 1.49. The highest BCUT2D eigenvalue weighted by molar-refractivity contribution is 6.76. The largest absolute Gasteiger partial charge is 0.463 e. The van der Waals surface area contributed by atoms with Gasteiger partial charge in [0.25, 0.3) is 0 Å². The summed E-state index contributed by atoms with van der Waals surface area (Å²) in [6, 6.07) is 2.93. The van der Waals surface area contributed by atoms with Gasteiger partial charge in [-0.2, -0.15) is 5.26 Å². The van der Waals surface area contributed by atoms with Crippen molar-refractivity contribution >= 4 is 14.0 Å². The van der Waals surface area contributed by atoms with Gasteiger partial charge >= 0.3 is 5.97 Å². The molecule has 6 nitrogen and oxygen atoms in total. The highest BCUT2D eigenvalue weighted by atomic mass is 28.3. The minimum absolute atomic E-state index is 0.0899. The summed E-state index contributed by atoms with van der Waals surface area (Å²) in [5, 5.41) is 8.79. The van der Waals surface area contributed by atoms with Crippen molar-refractivity contribution in [1.82, 2.24) is 9.55 Å². The number of aromatic nitrogens is 2. The van der Waals surface area contributed by atoms with Crippen LogP contribution in [0.2, 0.25) is 25.7 Å². The van der Waals surface area contributed by atoms with Crippen LogP contribution in [0.1, 0.15) is 16.3 Å². The molecule has 1 rings (SSSR count). The molecule has 0 atom stereocenters. The first-order valence-electron chi connectivity index (χ1n) is 6.00. The molecule has 1 heterocycles. The lowest BCUT2D eigenvalue weighted by Gasteiger charge is -2.15. The summed E-state index contributed by atoms with van der Waals surface area (Å²) in [6.45, 7) is 7.63. The van der Waals surface area contributed by atoms with E-state index >= 15 is 0 Å². The van der Waals surface area contributed by atoms with E-state index in [2.05, 4.69) is 29.4 Å². The van der Waals surface area contributed by atoms with Gasteiger partial charge in [-0.3, -0.25) is 0 Å². The molecule has 0 aliphatic carbocycles. The average Bonchev–Trinajstić information content (AvgIpc) is 2.76. The molecule has 0 aliphatic rings. The highest BCUT2D eigenvalue weighted by Crippen LogP contribution is 2.09. The number of carbonyl (C=O) groups is 1. The Bertz CT molecular complexity index is 485. The smallest absolute Gasteiger partial charge is 0.374 e. The molecule has 1 aromatic rings. The zero-order valence-electron chi connectivity index (χ0n) is 11.8. The molecule has 7 heteroatoms. The van der Waals surface area contributed by atoms with Crippen molar-refractivity contribution in [1.29, 1.82) is 5.26 Å². The Morgan fingerprint density at radius 1 is 1.53 bits per heavy atom. The van der Waals surface area contributed by atoms with Crippen molar-refractivity contribution in [3.8, 4) is 6.07 Å². The fourth-order valence-corrected chi connectivity index (χ4v) is 2.12. The standard InChI is InChI=1S/C12H19N3O3Si/c1-17-12(16)11-14-10(7-13)8-15(11)9-18-5-6-19(2,3)4/h8H,5-6,9H2,1-4H3. The maximum Gasteiger partial charge on any atom is 0.374 e. The molecular weight excluding hydrogens is 262 g/mol. The molecule has 0 saturated heterocycles. The third kappa shape index (κ3) is 4.85. The molecule has 0 bridgehead atoms. The number of carbonyl (C=O) groups excluding carboxylic acids is 1. The quantitative estimate of drug-likeness (QED) is 0.452. The van der Waals surface area contributed by atoms with E-state index in [1.807, 2.05) is 6.07 Å². The number of esters is 1. The predicted molar refractivity (Wildman–Crippen MR) is 72.4 cm³/mol. The van der Waals surface area contributed by atoms with Gasteiger partial charge in [-0.25, -0.2) is 9.78 Å². The number of nitrogens with zero attached hydrogens (tertiary/aromatic N) is 3. The number of methoxy groups -OCH3 is 1. The molecule has 104 valence electrons. The summed E-state index contributed by atoms with van der Waals surface area (Å²) < 4.78 is 11.6. The summed E-state index contributed by atoms with van der Waals surface area (Å²) in [4.78, 5) is 15.4. The van der Waals surface area contributed by atoms with Crippen LogP contribution in [0.3, 0.4) is 0 Å². The van der Waals surface area contributed by atoms with E-state index in [0.29, 0.717) is 6.61 Å². The lowest BCUT2D eigenvalue weighted by Crippen LogP contribution is -2.22. The molecule has 0 amide bonds. The Morgan fingerprint density at radius 3 is 2.74 bits per heavy atom. The second kappa shape index (κ2) is 6.50. The van der Waals surface area contributed by atoms with E-state index in [4.69, 9.17) is 10.00 Å². The van der Waals surface area contributed by atoms with Crippen LogP contribution < -0.4 is 0 Å². The molecule has 0 unspecified atom stereocenters. The van der Waals surface area contributed by atoms with Gasteiger partial charge in [0, 0.05) is 20.9 Å². The number of rotatable bonds is 6. The van der Waals surface area contributed by atoms with E-state index in [9.17, 15) is 4.79 Å². The summed E-state index contributed by atoms with van der Waals surface area (Å²) in [7, 11) is 0.144. The lowest BCUT2D eigenvalue weighted by molar-refractivity contribution is 0.0531. The maximum atomic E-state index is 11.5. The van der Waals surface area contributed by atoms with Crippen LogP contribution in [-0.4, -0.2) is 37.3 Å². The van der Waals surface area contributed by atoms with Gasteiger partial charge in [0.2, 0.25) is 5.82 Å². The van der Waals surface area contributed by atoms with Crippen LogP contribution >= 0.6 is 0 Å². The average molecular weight is 281 g/mol. The predicted octanol–water partition coefficient (Wildman–Crippen LogP) is 1.85. The van der Waals surface area contributed by atoms with E-state index < -0.39 is 14.0 Å². The number of imidazole rings is 1. The van der Waals surface area contributed by atoms with Gasteiger partial charge in [0.15, 0.2) is 5.69 Å². The third-order valence-electron chi connectivity index (χ3n) is 2.49. The van der Waals surface area contributed by atoms with Crippen molar-refractivity contribution in [2.45, 2.75) is 32.4 Å². The van der Waals surface area contributed by atoms with Crippen LogP contribution in [0.5, 0.6) is 0 Å². The number of hydrogen-bond donors (Lipinski definition) is 0. The molecule has 0 aliphatic heterocycles. The number of hydrogen-bond acceptors (Lipinski definition) is 5. The molecule has 1 aromatic heterocycles. The van der Waals surface area contributed by atoms with Gasteiger partial charge in [0.05, 0.1) is 7.11 Å². The zero-order valence-corrected chi connectivity index (χ0v) is 12.8. The molecule has 0 fully saturated rings. The van der Waals surface area contributed by atoms with Gasteiger partial charge in [-0.05, 0) is 6.04 Å². The number of ether oxygens (including phenoxy) is 2. The first-order valence-corrected chi connectivity index (χ1v) is 9.71. The molecule has 0 radical (unpaired) electrons. The minimum atomic E-state index is -1.13. The molecule has 0 spiro atoms. The molecule has 0 aromatic carbocycles. The Balaban J connectivity index is 2.65. The normalized spacial score (nSPS) is 11.1. The van der Waals surface area contributed by atoms with Gasteiger partial charge in [-0.15, -0.1) is 0 Å². The first-order chi connectivity index (χ1) is 8.87. The fraction of sp³-hybridized carbons (Fsp3) is 0.583. The van der Waals surface area contributed by atoms with Crippen LogP contribution in [0.15, 0.2) is 6.20 Å². The van der Waals surface area contributed by atoms with E-state index in [-0.39, 0.29) is 18.2 Å². The van der Waals surface area contributed by atoms with Crippen LogP contribution in [0.4, 0.5) is 0 Å². The number of nitriles is 1. The van der Waals surface area contributed by atoms with Crippen LogP contribution in [-0.2, 0) is 16.2 Å². The minimum Gasteiger partial charge on any atom is -0.463 e. The fourth-order valence-electron chi connectivity index (χ4n) is 1.36. The highest BCUT2D eigenvalue weighted by Gasteiger charge is 2.17.